The van der Waals surface area contributed by atoms with Gasteiger partial charge in [-0.05, 0) is 75.4 Å². The number of hydrogen-bond donors (Lipinski definition) is 1. The van der Waals surface area contributed by atoms with E-state index in [2.05, 4.69) is 45.7 Å². The number of aliphatic hydroxyl groups is 1. The minimum atomic E-state index is 0.284. The van der Waals surface area contributed by atoms with Crippen molar-refractivity contribution < 1.29 is 5.11 Å². The summed E-state index contributed by atoms with van der Waals surface area (Å²) < 4.78 is 0. The summed E-state index contributed by atoms with van der Waals surface area (Å²) >= 11 is 0. The summed E-state index contributed by atoms with van der Waals surface area (Å²) in [6.07, 6.45) is 1.96. The molecule has 0 amide bonds. The molecule has 0 aliphatic heterocycles. The van der Waals surface area contributed by atoms with Gasteiger partial charge < -0.3 is 10.0 Å². The Morgan fingerprint density at radius 2 is 1.56 bits per heavy atom. The third-order valence-electron chi connectivity index (χ3n) is 3.96. The molecule has 1 aromatic carbocycles. The molecule has 0 saturated heterocycles. The van der Waals surface area contributed by atoms with Gasteiger partial charge in [-0.25, -0.2) is 0 Å². The highest BCUT2D eigenvalue weighted by Gasteiger charge is 2.09. The van der Waals surface area contributed by atoms with Gasteiger partial charge in [-0.2, -0.15) is 0 Å². The van der Waals surface area contributed by atoms with Gasteiger partial charge in [-0.3, -0.25) is 0 Å². The fourth-order valence-corrected chi connectivity index (χ4v) is 2.43. The molecule has 0 aliphatic rings. The molecule has 1 N–H and O–H groups in total. The van der Waals surface area contributed by atoms with Gasteiger partial charge >= 0.3 is 0 Å². The summed E-state index contributed by atoms with van der Waals surface area (Å²) in [5.74, 6) is 0. The lowest BCUT2D eigenvalue weighted by Crippen LogP contribution is -2.23. The van der Waals surface area contributed by atoms with Crippen LogP contribution >= 0.6 is 0 Å². The molecular weight excluding hydrogens is 222 g/mol. The molecule has 18 heavy (non-hydrogen) atoms. The van der Waals surface area contributed by atoms with E-state index in [-0.39, 0.29) is 6.61 Å². The van der Waals surface area contributed by atoms with Crippen LogP contribution in [0.5, 0.6) is 0 Å². The second-order valence-electron chi connectivity index (χ2n) is 5.37. The second kappa shape index (κ2) is 6.91. The van der Waals surface area contributed by atoms with Gasteiger partial charge in [0, 0.05) is 19.7 Å². The highest BCUT2D eigenvalue weighted by molar-refractivity contribution is 5.44. The van der Waals surface area contributed by atoms with E-state index < -0.39 is 0 Å². The highest BCUT2D eigenvalue weighted by Crippen LogP contribution is 2.22. The zero-order chi connectivity index (χ0) is 13.7. The fraction of sp³-hybridized carbons (Fsp3) is 0.625. The molecule has 2 heteroatoms. The topological polar surface area (TPSA) is 23.5 Å². The number of rotatable bonds is 6. The maximum absolute atomic E-state index is 8.83. The summed E-state index contributed by atoms with van der Waals surface area (Å²) in [5, 5.41) is 8.83. The maximum atomic E-state index is 8.83. The van der Waals surface area contributed by atoms with Crippen LogP contribution in [-0.2, 0) is 6.42 Å². The number of likely N-dealkylation sites (N-methyl/N-ethyl adjacent to an activating group) is 1. The smallest absolute Gasteiger partial charge is 0.0443 e. The van der Waals surface area contributed by atoms with Crippen molar-refractivity contribution in [3.8, 4) is 0 Å². The van der Waals surface area contributed by atoms with Crippen molar-refractivity contribution in [3.63, 3.8) is 0 Å². The lowest BCUT2D eigenvalue weighted by molar-refractivity contribution is 0.248. The SMILES string of the molecule is Cc1cc(C)c(C)c(CCN(C)CCCO)c1C. The van der Waals surface area contributed by atoms with Gasteiger partial charge in [0.05, 0.1) is 0 Å². The van der Waals surface area contributed by atoms with Crippen molar-refractivity contribution in [1.82, 2.24) is 4.90 Å². The monoisotopic (exact) mass is 249 g/mol. The lowest BCUT2D eigenvalue weighted by atomic mass is 9.92. The van der Waals surface area contributed by atoms with Gasteiger partial charge in [0.2, 0.25) is 0 Å². The Balaban J connectivity index is 2.73. The van der Waals surface area contributed by atoms with Crippen LogP contribution in [0, 0.1) is 27.7 Å². The van der Waals surface area contributed by atoms with Crippen LogP contribution in [-0.4, -0.2) is 36.8 Å². The number of benzene rings is 1. The summed E-state index contributed by atoms with van der Waals surface area (Å²) in [6.45, 7) is 11.2. The molecule has 0 unspecified atom stereocenters. The fourth-order valence-electron chi connectivity index (χ4n) is 2.43. The Labute approximate surface area is 112 Å². The molecule has 102 valence electrons. The molecule has 1 rings (SSSR count). The molecule has 0 saturated carbocycles. The second-order valence-corrected chi connectivity index (χ2v) is 5.37. The van der Waals surface area contributed by atoms with Gasteiger partial charge in [0.15, 0.2) is 0 Å². The van der Waals surface area contributed by atoms with E-state index >= 15 is 0 Å². The van der Waals surface area contributed by atoms with Crippen molar-refractivity contribution >= 4 is 0 Å². The maximum Gasteiger partial charge on any atom is 0.0443 e. The van der Waals surface area contributed by atoms with Gasteiger partial charge in [0.1, 0.15) is 0 Å². The molecule has 0 radical (unpaired) electrons. The van der Waals surface area contributed by atoms with Gasteiger partial charge in [-0.15, -0.1) is 0 Å². The average Bonchev–Trinajstić information content (AvgIpc) is 2.34. The van der Waals surface area contributed by atoms with Crippen molar-refractivity contribution in [2.75, 3.05) is 26.7 Å². The molecule has 0 spiro atoms. The molecule has 0 aliphatic carbocycles. The van der Waals surface area contributed by atoms with Crippen LogP contribution in [0.4, 0.5) is 0 Å². The minimum Gasteiger partial charge on any atom is -0.396 e. The van der Waals surface area contributed by atoms with Crippen LogP contribution in [0.2, 0.25) is 0 Å². The first-order valence-corrected chi connectivity index (χ1v) is 6.83. The first-order valence-electron chi connectivity index (χ1n) is 6.83. The van der Waals surface area contributed by atoms with E-state index in [1.807, 2.05) is 0 Å². The van der Waals surface area contributed by atoms with Gasteiger partial charge in [-0.1, -0.05) is 6.07 Å². The Morgan fingerprint density at radius 3 is 2.06 bits per heavy atom. The molecule has 1 aromatic rings. The normalized spacial score (nSPS) is 11.3. The van der Waals surface area contributed by atoms with E-state index in [9.17, 15) is 0 Å². The van der Waals surface area contributed by atoms with Crippen LogP contribution in [0.3, 0.4) is 0 Å². The van der Waals surface area contributed by atoms with Gasteiger partial charge in [0.25, 0.3) is 0 Å². The predicted octanol–water partition coefficient (Wildman–Crippen LogP) is 2.78. The van der Waals surface area contributed by atoms with E-state index in [0.29, 0.717) is 0 Å². The average molecular weight is 249 g/mol. The summed E-state index contributed by atoms with van der Waals surface area (Å²) in [5.41, 5.74) is 7.17. The first kappa shape index (κ1) is 15.2. The third kappa shape index (κ3) is 3.82. The molecular formula is C16H27NO. The summed E-state index contributed by atoms with van der Waals surface area (Å²) in [6, 6.07) is 2.28. The van der Waals surface area contributed by atoms with E-state index in [1.165, 1.54) is 27.8 Å². The van der Waals surface area contributed by atoms with Crippen LogP contribution in [0.1, 0.15) is 34.2 Å². The van der Waals surface area contributed by atoms with Crippen LogP contribution in [0.25, 0.3) is 0 Å². The van der Waals surface area contributed by atoms with E-state index in [1.54, 1.807) is 0 Å². The summed E-state index contributed by atoms with van der Waals surface area (Å²) in [4.78, 5) is 2.30. The number of nitrogens with zero attached hydrogens (tertiary/aromatic N) is 1. The zero-order valence-electron chi connectivity index (χ0n) is 12.5. The lowest BCUT2D eigenvalue weighted by Gasteiger charge is -2.19. The Kier molecular flexibility index (Phi) is 5.83. The Morgan fingerprint density at radius 1 is 1.00 bits per heavy atom. The predicted molar refractivity (Wildman–Crippen MR) is 78.3 cm³/mol. The Hall–Kier alpha value is -0.860. The first-order chi connectivity index (χ1) is 8.47. The molecule has 0 aromatic heterocycles. The van der Waals surface area contributed by atoms with Crippen molar-refractivity contribution in [3.05, 3.63) is 33.9 Å². The van der Waals surface area contributed by atoms with Crippen LogP contribution in [0.15, 0.2) is 6.07 Å². The number of aliphatic hydroxyl groups excluding tert-OH is 1. The molecule has 2 nitrogen and oxygen atoms in total. The number of hydrogen-bond acceptors (Lipinski definition) is 2. The quantitative estimate of drug-likeness (QED) is 0.838. The molecule has 0 fully saturated rings. The largest absolute Gasteiger partial charge is 0.396 e. The molecule has 0 atom stereocenters. The van der Waals surface area contributed by atoms with Crippen LogP contribution < -0.4 is 0 Å². The standard InChI is InChI=1S/C16H27NO/c1-12-11-13(2)15(4)16(14(12)3)7-9-17(5)8-6-10-18/h11,18H,6-10H2,1-5H3. The Bertz CT molecular complexity index is 372. The third-order valence-corrected chi connectivity index (χ3v) is 3.96. The molecule has 0 heterocycles. The zero-order valence-corrected chi connectivity index (χ0v) is 12.5. The minimum absolute atomic E-state index is 0.284. The van der Waals surface area contributed by atoms with Crippen molar-refractivity contribution in [1.29, 1.82) is 0 Å². The summed E-state index contributed by atoms with van der Waals surface area (Å²) in [7, 11) is 2.13. The van der Waals surface area contributed by atoms with E-state index in [0.717, 1.165) is 25.9 Å². The molecule has 0 bridgehead atoms. The highest BCUT2D eigenvalue weighted by atomic mass is 16.3. The van der Waals surface area contributed by atoms with E-state index in [4.69, 9.17) is 5.11 Å². The van der Waals surface area contributed by atoms with Crippen molar-refractivity contribution in [2.45, 2.75) is 40.5 Å². The number of aryl methyl sites for hydroxylation is 2. The van der Waals surface area contributed by atoms with Crippen molar-refractivity contribution in [2.24, 2.45) is 0 Å².